The smallest absolute Gasteiger partial charge is 0.222 e. The average Bonchev–Trinajstić information content (AvgIpc) is 2.90. The Balaban J connectivity index is 1.76. The zero-order valence-corrected chi connectivity index (χ0v) is 13.9. The molecule has 1 aliphatic heterocycles. The first-order valence-electron chi connectivity index (χ1n) is 7.73. The summed E-state index contributed by atoms with van der Waals surface area (Å²) < 4.78 is 0. The van der Waals surface area contributed by atoms with Crippen molar-refractivity contribution < 1.29 is 4.79 Å². The van der Waals surface area contributed by atoms with E-state index in [1.165, 1.54) is 0 Å². The molecule has 2 heterocycles. The summed E-state index contributed by atoms with van der Waals surface area (Å²) in [6, 6.07) is 0. The maximum atomic E-state index is 12.2. The van der Waals surface area contributed by atoms with E-state index in [2.05, 4.69) is 22.2 Å². The molecular formula is C15H26N4OS. The van der Waals surface area contributed by atoms with Gasteiger partial charge in [-0.2, -0.15) is 0 Å². The van der Waals surface area contributed by atoms with Crippen molar-refractivity contribution in [1.82, 2.24) is 14.8 Å². The second-order valence-electron chi connectivity index (χ2n) is 5.73. The minimum absolute atomic E-state index is 0.261. The molecule has 5 nitrogen and oxygen atoms in total. The molecule has 1 aliphatic rings. The number of aryl methyl sites for hydroxylation is 1. The first-order valence-corrected chi connectivity index (χ1v) is 8.61. The summed E-state index contributed by atoms with van der Waals surface area (Å²) in [6.45, 7) is 9.14. The molecule has 1 fully saturated rings. The van der Waals surface area contributed by atoms with E-state index >= 15 is 0 Å². The Bertz CT molecular complexity index is 450. The van der Waals surface area contributed by atoms with Crippen LogP contribution in [-0.4, -0.2) is 53.4 Å². The van der Waals surface area contributed by atoms with Gasteiger partial charge in [-0.25, -0.2) is 4.98 Å². The molecule has 118 valence electrons. The SMILES string of the molecule is CCC(CN)CC(=O)N1CCN(Cc2csc(C)n2)CC1. The summed E-state index contributed by atoms with van der Waals surface area (Å²) in [5.74, 6) is 0.588. The molecule has 0 aromatic carbocycles. The molecular weight excluding hydrogens is 284 g/mol. The van der Waals surface area contributed by atoms with Crippen molar-refractivity contribution in [1.29, 1.82) is 0 Å². The zero-order chi connectivity index (χ0) is 15.2. The third-order valence-electron chi connectivity index (χ3n) is 4.15. The third kappa shape index (κ3) is 4.76. The van der Waals surface area contributed by atoms with Crippen LogP contribution < -0.4 is 5.73 Å². The highest BCUT2D eigenvalue weighted by molar-refractivity contribution is 7.09. The molecule has 0 spiro atoms. The molecule has 2 N–H and O–H groups in total. The van der Waals surface area contributed by atoms with Gasteiger partial charge in [0.2, 0.25) is 5.91 Å². The van der Waals surface area contributed by atoms with E-state index in [9.17, 15) is 4.79 Å². The first-order chi connectivity index (χ1) is 10.1. The molecule has 6 heteroatoms. The quantitative estimate of drug-likeness (QED) is 0.864. The molecule has 1 atom stereocenters. The van der Waals surface area contributed by atoms with Crippen LogP contribution in [0.15, 0.2) is 5.38 Å². The maximum Gasteiger partial charge on any atom is 0.222 e. The lowest BCUT2D eigenvalue weighted by Crippen LogP contribution is -2.48. The molecule has 21 heavy (non-hydrogen) atoms. The normalized spacial score (nSPS) is 18.0. The number of amides is 1. The van der Waals surface area contributed by atoms with Gasteiger partial charge in [0.25, 0.3) is 0 Å². The van der Waals surface area contributed by atoms with Gasteiger partial charge in [0.05, 0.1) is 10.7 Å². The Morgan fingerprint density at radius 2 is 2.14 bits per heavy atom. The monoisotopic (exact) mass is 310 g/mol. The lowest BCUT2D eigenvalue weighted by Gasteiger charge is -2.35. The van der Waals surface area contributed by atoms with E-state index in [4.69, 9.17) is 5.73 Å². The van der Waals surface area contributed by atoms with E-state index < -0.39 is 0 Å². The number of aromatic nitrogens is 1. The first kappa shape index (κ1) is 16.4. The van der Waals surface area contributed by atoms with Crippen LogP contribution in [0.2, 0.25) is 0 Å². The topological polar surface area (TPSA) is 62.5 Å². The number of nitrogens with zero attached hydrogens (tertiary/aromatic N) is 3. The van der Waals surface area contributed by atoms with Crippen molar-refractivity contribution in [3.63, 3.8) is 0 Å². The van der Waals surface area contributed by atoms with Gasteiger partial charge in [0.1, 0.15) is 0 Å². The number of thiazole rings is 1. The van der Waals surface area contributed by atoms with Crippen molar-refractivity contribution in [2.45, 2.75) is 33.2 Å². The van der Waals surface area contributed by atoms with Crippen molar-refractivity contribution in [3.8, 4) is 0 Å². The molecule has 0 radical (unpaired) electrons. The molecule has 0 bridgehead atoms. The van der Waals surface area contributed by atoms with Gasteiger partial charge < -0.3 is 10.6 Å². The number of hydrogen-bond acceptors (Lipinski definition) is 5. The number of rotatable bonds is 6. The summed E-state index contributed by atoms with van der Waals surface area (Å²) in [5, 5.41) is 3.24. The van der Waals surface area contributed by atoms with E-state index in [0.29, 0.717) is 18.9 Å². The third-order valence-corrected chi connectivity index (χ3v) is 4.97. The van der Waals surface area contributed by atoms with Gasteiger partial charge in [0, 0.05) is 44.5 Å². The maximum absolute atomic E-state index is 12.2. The molecule has 1 unspecified atom stereocenters. The number of piperazine rings is 1. The molecule has 2 rings (SSSR count). The second kappa shape index (κ2) is 7.87. The van der Waals surface area contributed by atoms with Crippen LogP contribution in [0.5, 0.6) is 0 Å². The van der Waals surface area contributed by atoms with E-state index in [0.717, 1.165) is 49.8 Å². The van der Waals surface area contributed by atoms with Crippen LogP contribution in [0.4, 0.5) is 0 Å². The van der Waals surface area contributed by atoms with Crippen LogP contribution in [0, 0.1) is 12.8 Å². The molecule has 0 saturated carbocycles. The fourth-order valence-corrected chi connectivity index (χ4v) is 3.24. The van der Waals surface area contributed by atoms with Crippen LogP contribution in [0.3, 0.4) is 0 Å². The number of carbonyl (C=O) groups excluding carboxylic acids is 1. The summed E-state index contributed by atoms with van der Waals surface area (Å²) in [6.07, 6.45) is 1.57. The standard InChI is InChI=1S/C15H26N4OS/c1-3-13(9-16)8-15(20)19-6-4-18(5-7-19)10-14-11-21-12(2)17-14/h11,13H,3-10,16H2,1-2H3. The fourth-order valence-electron chi connectivity index (χ4n) is 2.64. The van der Waals surface area contributed by atoms with Gasteiger partial charge >= 0.3 is 0 Å². The zero-order valence-electron chi connectivity index (χ0n) is 13.0. The molecule has 1 amide bonds. The van der Waals surface area contributed by atoms with Gasteiger partial charge in [-0.3, -0.25) is 9.69 Å². The van der Waals surface area contributed by atoms with Crippen molar-refractivity contribution in [3.05, 3.63) is 16.1 Å². The van der Waals surface area contributed by atoms with E-state index in [-0.39, 0.29) is 5.91 Å². The molecule has 1 aromatic rings. The minimum atomic E-state index is 0.261. The summed E-state index contributed by atoms with van der Waals surface area (Å²) in [5.41, 5.74) is 6.83. The summed E-state index contributed by atoms with van der Waals surface area (Å²) in [7, 11) is 0. The predicted molar refractivity (Wildman–Crippen MR) is 86.2 cm³/mol. The van der Waals surface area contributed by atoms with Crippen LogP contribution in [0.25, 0.3) is 0 Å². The summed E-state index contributed by atoms with van der Waals surface area (Å²) >= 11 is 1.70. The van der Waals surface area contributed by atoms with Crippen molar-refractivity contribution in [2.75, 3.05) is 32.7 Å². The highest BCUT2D eigenvalue weighted by atomic mass is 32.1. The lowest BCUT2D eigenvalue weighted by molar-refractivity contribution is -0.134. The minimum Gasteiger partial charge on any atom is -0.340 e. The molecule has 1 saturated heterocycles. The Morgan fingerprint density at radius 3 is 2.67 bits per heavy atom. The highest BCUT2D eigenvalue weighted by Gasteiger charge is 2.23. The number of nitrogens with two attached hydrogens (primary N) is 1. The fraction of sp³-hybridized carbons (Fsp3) is 0.733. The Morgan fingerprint density at radius 1 is 1.43 bits per heavy atom. The Hall–Kier alpha value is -0.980. The second-order valence-corrected chi connectivity index (χ2v) is 6.79. The number of carbonyl (C=O) groups is 1. The van der Waals surface area contributed by atoms with Gasteiger partial charge in [0.15, 0.2) is 0 Å². The van der Waals surface area contributed by atoms with Gasteiger partial charge in [-0.05, 0) is 19.4 Å². The average molecular weight is 310 g/mol. The van der Waals surface area contributed by atoms with Crippen LogP contribution in [0.1, 0.15) is 30.5 Å². The van der Waals surface area contributed by atoms with E-state index in [1.54, 1.807) is 11.3 Å². The lowest BCUT2D eigenvalue weighted by atomic mass is 10.0. The van der Waals surface area contributed by atoms with E-state index in [1.807, 2.05) is 11.8 Å². The Labute approximate surface area is 131 Å². The van der Waals surface area contributed by atoms with Crippen molar-refractivity contribution in [2.24, 2.45) is 11.7 Å². The van der Waals surface area contributed by atoms with Crippen LogP contribution >= 0.6 is 11.3 Å². The Kier molecular flexibility index (Phi) is 6.14. The van der Waals surface area contributed by atoms with Gasteiger partial charge in [-0.1, -0.05) is 13.3 Å². The number of hydrogen-bond donors (Lipinski definition) is 1. The molecule has 0 aliphatic carbocycles. The predicted octanol–water partition coefficient (Wildman–Crippen LogP) is 1.47. The highest BCUT2D eigenvalue weighted by Crippen LogP contribution is 2.14. The summed E-state index contributed by atoms with van der Waals surface area (Å²) in [4.78, 5) is 21.1. The largest absolute Gasteiger partial charge is 0.340 e. The molecule has 1 aromatic heterocycles. The van der Waals surface area contributed by atoms with Gasteiger partial charge in [-0.15, -0.1) is 11.3 Å². The van der Waals surface area contributed by atoms with Crippen LogP contribution in [-0.2, 0) is 11.3 Å². The van der Waals surface area contributed by atoms with Crippen molar-refractivity contribution >= 4 is 17.2 Å².